The Labute approximate surface area is 126 Å². The fourth-order valence-corrected chi connectivity index (χ4v) is 1.78. The molecule has 0 aliphatic rings. The average molecular weight is 308 g/mol. The Balaban J connectivity index is 1.90. The van der Waals surface area contributed by atoms with Crippen LogP contribution in [0, 0.1) is 10.1 Å². The van der Waals surface area contributed by atoms with E-state index in [-0.39, 0.29) is 23.9 Å². The van der Waals surface area contributed by atoms with Crippen LogP contribution in [-0.2, 0) is 11.3 Å². The summed E-state index contributed by atoms with van der Waals surface area (Å²) in [5, 5.41) is 17.1. The van der Waals surface area contributed by atoms with Gasteiger partial charge in [0.25, 0.3) is 5.91 Å². The third-order valence-electron chi connectivity index (χ3n) is 2.84. The number of aromatic nitrogens is 2. The number of rotatable bonds is 8. The van der Waals surface area contributed by atoms with Gasteiger partial charge in [-0.3, -0.25) is 19.6 Å². The van der Waals surface area contributed by atoms with Gasteiger partial charge in [0, 0.05) is 20.3 Å². The van der Waals surface area contributed by atoms with Crippen LogP contribution in [0.1, 0.15) is 22.7 Å². The van der Waals surface area contributed by atoms with Crippen LogP contribution in [0.15, 0.2) is 28.9 Å². The summed E-state index contributed by atoms with van der Waals surface area (Å²) < 4.78 is 11.7. The molecule has 9 heteroatoms. The minimum Gasteiger partial charge on any atom is -0.454 e. The summed E-state index contributed by atoms with van der Waals surface area (Å²) in [4.78, 5) is 21.9. The van der Waals surface area contributed by atoms with Crippen LogP contribution in [0.2, 0.25) is 0 Å². The Bertz CT molecular complexity index is 648. The number of hydrogen-bond donors (Lipinski definition) is 1. The molecule has 2 aromatic heterocycles. The fourth-order valence-electron chi connectivity index (χ4n) is 1.78. The van der Waals surface area contributed by atoms with E-state index in [9.17, 15) is 14.9 Å². The molecule has 0 aliphatic heterocycles. The summed E-state index contributed by atoms with van der Waals surface area (Å²) in [6.45, 7) is 1.28. The topological polar surface area (TPSA) is 112 Å². The van der Waals surface area contributed by atoms with Crippen molar-refractivity contribution in [2.75, 3.05) is 20.3 Å². The minimum absolute atomic E-state index is 0.0948. The molecule has 0 aliphatic carbocycles. The zero-order chi connectivity index (χ0) is 15.9. The van der Waals surface area contributed by atoms with Crippen molar-refractivity contribution in [3.05, 3.63) is 46.2 Å². The molecule has 0 spiro atoms. The van der Waals surface area contributed by atoms with Crippen LogP contribution >= 0.6 is 0 Å². The summed E-state index contributed by atoms with van der Waals surface area (Å²) >= 11 is 0. The van der Waals surface area contributed by atoms with Gasteiger partial charge in [-0.1, -0.05) is 0 Å². The Hall–Kier alpha value is -2.68. The molecule has 0 unspecified atom stereocenters. The number of ether oxygens (including phenoxy) is 1. The second kappa shape index (κ2) is 7.36. The molecule has 0 saturated heterocycles. The van der Waals surface area contributed by atoms with Crippen molar-refractivity contribution >= 4 is 11.6 Å². The van der Waals surface area contributed by atoms with Crippen LogP contribution in [0.5, 0.6) is 0 Å². The van der Waals surface area contributed by atoms with Crippen LogP contribution in [0.3, 0.4) is 0 Å². The summed E-state index contributed by atoms with van der Waals surface area (Å²) in [5.41, 5.74) is -0.0948. The molecule has 1 amide bonds. The molecule has 2 heterocycles. The zero-order valence-corrected chi connectivity index (χ0v) is 12.0. The van der Waals surface area contributed by atoms with E-state index in [1.807, 2.05) is 0 Å². The maximum atomic E-state index is 11.8. The summed E-state index contributed by atoms with van der Waals surface area (Å²) in [5.74, 6) is 0.364. The Kier molecular flexibility index (Phi) is 5.26. The molecular formula is C13H16N4O5. The number of carbonyl (C=O) groups excluding carboxylic acids is 1. The lowest BCUT2D eigenvalue weighted by Crippen LogP contribution is -2.24. The molecule has 22 heavy (non-hydrogen) atoms. The van der Waals surface area contributed by atoms with Gasteiger partial charge in [0.2, 0.25) is 0 Å². The molecule has 118 valence electrons. The van der Waals surface area contributed by atoms with Gasteiger partial charge in [-0.05, 0) is 18.6 Å². The van der Waals surface area contributed by atoms with E-state index in [0.717, 1.165) is 6.20 Å². The van der Waals surface area contributed by atoms with Gasteiger partial charge in [-0.2, -0.15) is 5.10 Å². The third-order valence-corrected chi connectivity index (χ3v) is 2.84. The minimum atomic E-state index is -0.523. The Morgan fingerprint density at radius 3 is 3.05 bits per heavy atom. The summed E-state index contributed by atoms with van der Waals surface area (Å²) in [6.07, 6.45) is 3.17. The highest BCUT2D eigenvalue weighted by Crippen LogP contribution is 2.12. The molecule has 0 bridgehead atoms. The highest BCUT2D eigenvalue weighted by Gasteiger charge is 2.13. The van der Waals surface area contributed by atoms with E-state index in [4.69, 9.17) is 9.15 Å². The van der Waals surface area contributed by atoms with Crippen molar-refractivity contribution in [2.45, 2.75) is 13.0 Å². The van der Waals surface area contributed by atoms with E-state index >= 15 is 0 Å². The first kappa shape index (κ1) is 15.7. The number of nitrogens with one attached hydrogen (secondary N) is 1. The normalized spacial score (nSPS) is 10.6. The van der Waals surface area contributed by atoms with Crippen molar-refractivity contribution in [1.29, 1.82) is 0 Å². The smallest absolute Gasteiger partial charge is 0.307 e. The molecular weight excluding hydrogens is 292 g/mol. The van der Waals surface area contributed by atoms with E-state index in [1.54, 1.807) is 19.2 Å². The molecule has 0 saturated carbocycles. The predicted molar refractivity (Wildman–Crippen MR) is 75.5 cm³/mol. The van der Waals surface area contributed by atoms with Gasteiger partial charge in [-0.15, -0.1) is 0 Å². The monoisotopic (exact) mass is 308 g/mol. The summed E-state index contributed by atoms with van der Waals surface area (Å²) in [7, 11) is 1.60. The van der Waals surface area contributed by atoms with E-state index < -0.39 is 4.92 Å². The zero-order valence-electron chi connectivity index (χ0n) is 12.0. The quantitative estimate of drug-likeness (QED) is 0.445. The van der Waals surface area contributed by atoms with E-state index in [1.165, 1.54) is 10.9 Å². The SMILES string of the molecule is COCCCNC(=O)c1ccc(Cn2cc([N+](=O)[O-])cn2)o1. The number of carbonyl (C=O) groups is 1. The molecule has 2 rings (SSSR count). The molecule has 1 N–H and O–H groups in total. The molecule has 2 aromatic rings. The van der Waals surface area contributed by atoms with Crippen LogP contribution in [0.4, 0.5) is 5.69 Å². The van der Waals surface area contributed by atoms with Gasteiger partial charge < -0.3 is 14.5 Å². The first-order valence-electron chi connectivity index (χ1n) is 6.63. The van der Waals surface area contributed by atoms with Crippen molar-refractivity contribution in [1.82, 2.24) is 15.1 Å². The lowest BCUT2D eigenvalue weighted by atomic mass is 10.4. The first-order valence-corrected chi connectivity index (χ1v) is 6.63. The second-order valence-electron chi connectivity index (χ2n) is 4.52. The largest absolute Gasteiger partial charge is 0.454 e. The van der Waals surface area contributed by atoms with Gasteiger partial charge in [-0.25, -0.2) is 0 Å². The number of hydrogen-bond acceptors (Lipinski definition) is 6. The van der Waals surface area contributed by atoms with E-state index in [0.29, 0.717) is 25.3 Å². The van der Waals surface area contributed by atoms with Crippen LogP contribution in [0.25, 0.3) is 0 Å². The molecule has 9 nitrogen and oxygen atoms in total. The molecule has 0 fully saturated rings. The van der Waals surface area contributed by atoms with E-state index in [2.05, 4.69) is 10.4 Å². The highest BCUT2D eigenvalue weighted by molar-refractivity contribution is 5.91. The fraction of sp³-hybridized carbons (Fsp3) is 0.385. The molecule has 0 atom stereocenters. The third kappa shape index (κ3) is 4.16. The number of nitrogens with zero attached hydrogens (tertiary/aromatic N) is 3. The number of methoxy groups -OCH3 is 1. The molecule has 0 radical (unpaired) electrons. The van der Waals surface area contributed by atoms with Gasteiger partial charge in [0.05, 0.1) is 11.5 Å². The lowest BCUT2D eigenvalue weighted by Gasteiger charge is -2.02. The van der Waals surface area contributed by atoms with Crippen molar-refractivity contribution in [3.8, 4) is 0 Å². The maximum absolute atomic E-state index is 11.8. The number of amides is 1. The van der Waals surface area contributed by atoms with Crippen LogP contribution < -0.4 is 5.32 Å². The van der Waals surface area contributed by atoms with Gasteiger partial charge >= 0.3 is 5.69 Å². The number of nitro groups is 1. The highest BCUT2D eigenvalue weighted by atomic mass is 16.6. The summed E-state index contributed by atoms with van der Waals surface area (Å²) in [6, 6.07) is 3.19. The van der Waals surface area contributed by atoms with Crippen LogP contribution in [-0.4, -0.2) is 40.9 Å². The van der Waals surface area contributed by atoms with Crippen molar-refractivity contribution in [3.63, 3.8) is 0 Å². The Morgan fingerprint density at radius 2 is 2.36 bits per heavy atom. The van der Waals surface area contributed by atoms with Gasteiger partial charge in [0.15, 0.2) is 5.76 Å². The molecule has 0 aromatic carbocycles. The average Bonchev–Trinajstić information content (AvgIpc) is 3.13. The first-order chi connectivity index (χ1) is 10.6. The van der Waals surface area contributed by atoms with Gasteiger partial charge in [0.1, 0.15) is 18.2 Å². The maximum Gasteiger partial charge on any atom is 0.307 e. The predicted octanol–water partition coefficient (Wildman–Crippen LogP) is 1.20. The lowest BCUT2D eigenvalue weighted by molar-refractivity contribution is -0.385. The number of furan rings is 1. The second-order valence-corrected chi connectivity index (χ2v) is 4.52. The van der Waals surface area contributed by atoms with Crippen molar-refractivity contribution in [2.24, 2.45) is 0 Å². The van der Waals surface area contributed by atoms with Crippen molar-refractivity contribution < 1.29 is 18.9 Å². The standard InChI is InChI=1S/C13H16N4O5/c1-21-6-2-5-14-13(18)12-4-3-11(22-12)9-16-8-10(7-15-16)17(19)20/h3-4,7-8H,2,5-6,9H2,1H3,(H,14,18). The Morgan fingerprint density at radius 1 is 1.55 bits per heavy atom.